The fourth-order valence-corrected chi connectivity index (χ4v) is 2.15. The summed E-state index contributed by atoms with van der Waals surface area (Å²) in [6, 6.07) is 7.31. The number of rotatable bonds is 5. The third-order valence-electron chi connectivity index (χ3n) is 3.30. The minimum Gasteiger partial charge on any atom is -0.324 e. The van der Waals surface area contributed by atoms with Crippen LogP contribution in [-0.2, 0) is 6.54 Å². The van der Waals surface area contributed by atoms with Gasteiger partial charge in [0, 0.05) is 35.8 Å². The molecule has 1 heterocycles. The maximum atomic E-state index is 12.3. The number of benzene rings is 1. The number of aryl methyl sites for hydroxylation is 1. The van der Waals surface area contributed by atoms with Crippen LogP contribution in [0.15, 0.2) is 35.1 Å². The van der Waals surface area contributed by atoms with Gasteiger partial charge in [0.15, 0.2) is 0 Å². The Morgan fingerprint density at radius 1 is 1.36 bits per heavy atom. The van der Waals surface area contributed by atoms with Crippen LogP contribution in [0.3, 0.4) is 0 Å². The average Bonchev–Trinajstić information content (AvgIpc) is 2.49. The number of nitrogens with zero attached hydrogens (tertiary/aromatic N) is 3. The highest BCUT2D eigenvalue weighted by atomic mass is 16.6. The van der Waals surface area contributed by atoms with Gasteiger partial charge in [-0.3, -0.25) is 14.9 Å². The van der Waals surface area contributed by atoms with E-state index in [1.807, 2.05) is 6.92 Å². The van der Waals surface area contributed by atoms with Crippen molar-refractivity contribution >= 4 is 5.69 Å². The fourth-order valence-electron chi connectivity index (χ4n) is 2.15. The largest absolute Gasteiger partial charge is 0.324 e. The first kappa shape index (κ1) is 15.8. The molecule has 0 aliphatic rings. The summed E-state index contributed by atoms with van der Waals surface area (Å²) in [4.78, 5) is 22.5. The molecule has 2 rings (SSSR count). The molecule has 1 unspecified atom stereocenters. The predicted octanol–water partition coefficient (Wildman–Crippen LogP) is 2.25. The molecular formula is C15H18N4O3. The number of nitro groups is 1. The summed E-state index contributed by atoms with van der Waals surface area (Å²) in [6.45, 7) is 4.20. The van der Waals surface area contributed by atoms with Crippen molar-refractivity contribution in [2.45, 2.75) is 32.9 Å². The second-order valence-corrected chi connectivity index (χ2v) is 5.11. The Kier molecular flexibility index (Phi) is 4.67. The van der Waals surface area contributed by atoms with Gasteiger partial charge in [-0.2, -0.15) is 5.10 Å². The lowest BCUT2D eigenvalue weighted by Crippen LogP contribution is -2.29. The predicted molar refractivity (Wildman–Crippen MR) is 83.5 cm³/mol. The van der Waals surface area contributed by atoms with Crippen molar-refractivity contribution in [1.29, 1.82) is 0 Å². The smallest absolute Gasteiger partial charge is 0.271 e. The number of nitrogens with two attached hydrogens (primary N) is 1. The van der Waals surface area contributed by atoms with Crippen LogP contribution in [0.25, 0.3) is 11.3 Å². The standard InChI is InChI=1S/C15H18N4O3/c1-3-8-18-15(20)13(10(2)16)9-14(17-18)11-4-6-12(7-5-11)19(21)22/h4-7,9-10H,3,8,16H2,1-2H3. The molecule has 0 fully saturated rings. The molecule has 2 N–H and O–H groups in total. The number of hydrogen-bond donors (Lipinski definition) is 1. The molecule has 0 aliphatic heterocycles. The van der Waals surface area contributed by atoms with E-state index in [0.717, 1.165) is 6.42 Å². The number of hydrogen-bond acceptors (Lipinski definition) is 5. The molecular weight excluding hydrogens is 284 g/mol. The Bertz CT molecular complexity index is 735. The molecule has 7 nitrogen and oxygen atoms in total. The van der Waals surface area contributed by atoms with E-state index < -0.39 is 11.0 Å². The highest BCUT2D eigenvalue weighted by molar-refractivity contribution is 5.61. The van der Waals surface area contributed by atoms with Crippen molar-refractivity contribution in [3.8, 4) is 11.3 Å². The van der Waals surface area contributed by atoms with E-state index >= 15 is 0 Å². The van der Waals surface area contributed by atoms with Crippen molar-refractivity contribution in [2.24, 2.45) is 5.73 Å². The molecule has 0 radical (unpaired) electrons. The summed E-state index contributed by atoms with van der Waals surface area (Å²) in [6.07, 6.45) is 0.773. The highest BCUT2D eigenvalue weighted by Crippen LogP contribution is 2.21. The van der Waals surface area contributed by atoms with Gasteiger partial charge in [-0.05, 0) is 31.5 Å². The molecule has 0 spiro atoms. The number of nitro benzene ring substituents is 1. The van der Waals surface area contributed by atoms with Crippen LogP contribution in [0.5, 0.6) is 0 Å². The van der Waals surface area contributed by atoms with Crippen LogP contribution in [-0.4, -0.2) is 14.7 Å². The summed E-state index contributed by atoms with van der Waals surface area (Å²) < 4.78 is 1.40. The number of aromatic nitrogens is 2. The van der Waals surface area contributed by atoms with Gasteiger partial charge in [0.25, 0.3) is 11.2 Å². The van der Waals surface area contributed by atoms with Crippen molar-refractivity contribution in [3.63, 3.8) is 0 Å². The Balaban J connectivity index is 2.54. The molecule has 22 heavy (non-hydrogen) atoms. The third-order valence-corrected chi connectivity index (χ3v) is 3.30. The summed E-state index contributed by atoms with van der Waals surface area (Å²) in [5, 5.41) is 15.0. The van der Waals surface area contributed by atoms with E-state index in [2.05, 4.69) is 5.10 Å². The monoisotopic (exact) mass is 302 g/mol. The highest BCUT2D eigenvalue weighted by Gasteiger charge is 2.13. The molecule has 1 aromatic carbocycles. The molecule has 0 saturated carbocycles. The molecule has 0 saturated heterocycles. The topological polar surface area (TPSA) is 104 Å². The van der Waals surface area contributed by atoms with Crippen LogP contribution in [0.4, 0.5) is 5.69 Å². The first-order valence-corrected chi connectivity index (χ1v) is 7.06. The molecule has 0 aliphatic carbocycles. The van der Waals surface area contributed by atoms with Gasteiger partial charge in [0.05, 0.1) is 10.6 Å². The van der Waals surface area contributed by atoms with Gasteiger partial charge < -0.3 is 5.73 Å². The van der Waals surface area contributed by atoms with E-state index in [-0.39, 0.29) is 11.2 Å². The van der Waals surface area contributed by atoms with Gasteiger partial charge >= 0.3 is 0 Å². The van der Waals surface area contributed by atoms with Gasteiger partial charge in [0.1, 0.15) is 0 Å². The first-order valence-electron chi connectivity index (χ1n) is 7.06. The van der Waals surface area contributed by atoms with Crippen LogP contribution < -0.4 is 11.3 Å². The zero-order chi connectivity index (χ0) is 16.3. The SMILES string of the molecule is CCCn1nc(-c2ccc([N+](=O)[O-])cc2)cc(C(C)N)c1=O. The summed E-state index contributed by atoms with van der Waals surface area (Å²) in [5.74, 6) is 0. The molecule has 7 heteroatoms. The van der Waals surface area contributed by atoms with Gasteiger partial charge in [0.2, 0.25) is 0 Å². The third kappa shape index (κ3) is 3.20. The quantitative estimate of drug-likeness (QED) is 0.673. The Morgan fingerprint density at radius 3 is 2.50 bits per heavy atom. The van der Waals surface area contributed by atoms with Crippen LogP contribution in [0.2, 0.25) is 0 Å². The van der Waals surface area contributed by atoms with Gasteiger partial charge in [-0.25, -0.2) is 4.68 Å². The maximum absolute atomic E-state index is 12.3. The number of non-ortho nitro benzene ring substituents is 1. The van der Waals surface area contributed by atoms with Crippen molar-refractivity contribution in [1.82, 2.24) is 9.78 Å². The lowest BCUT2D eigenvalue weighted by atomic mass is 10.1. The lowest BCUT2D eigenvalue weighted by molar-refractivity contribution is -0.384. The first-order chi connectivity index (χ1) is 10.4. The van der Waals surface area contributed by atoms with E-state index in [0.29, 0.717) is 23.4 Å². The Morgan fingerprint density at radius 2 is 2.00 bits per heavy atom. The van der Waals surface area contributed by atoms with Crippen molar-refractivity contribution in [2.75, 3.05) is 0 Å². The van der Waals surface area contributed by atoms with E-state index in [4.69, 9.17) is 5.73 Å². The molecule has 1 atom stereocenters. The molecule has 1 aromatic heterocycles. The normalized spacial score (nSPS) is 12.1. The van der Waals surface area contributed by atoms with Crippen LogP contribution in [0.1, 0.15) is 31.9 Å². The van der Waals surface area contributed by atoms with E-state index in [1.165, 1.54) is 16.8 Å². The van der Waals surface area contributed by atoms with Gasteiger partial charge in [-0.1, -0.05) is 6.92 Å². The fraction of sp³-hybridized carbons (Fsp3) is 0.333. The Hall–Kier alpha value is -2.54. The van der Waals surface area contributed by atoms with Crippen LogP contribution in [0, 0.1) is 10.1 Å². The second-order valence-electron chi connectivity index (χ2n) is 5.11. The summed E-state index contributed by atoms with van der Waals surface area (Å²) >= 11 is 0. The van der Waals surface area contributed by atoms with E-state index in [9.17, 15) is 14.9 Å². The lowest BCUT2D eigenvalue weighted by Gasteiger charge is -2.12. The minimum atomic E-state index is -0.456. The summed E-state index contributed by atoms with van der Waals surface area (Å²) in [7, 11) is 0. The minimum absolute atomic E-state index is 0.0121. The van der Waals surface area contributed by atoms with Crippen molar-refractivity contribution in [3.05, 3.63) is 56.4 Å². The van der Waals surface area contributed by atoms with Gasteiger partial charge in [-0.15, -0.1) is 0 Å². The molecule has 0 bridgehead atoms. The summed E-state index contributed by atoms with van der Waals surface area (Å²) in [5.41, 5.74) is 7.45. The molecule has 116 valence electrons. The molecule has 2 aromatic rings. The molecule has 0 amide bonds. The maximum Gasteiger partial charge on any atom is 0.271 e. The van der Waals surface area contributed by atoms with E-state index in [1.54, 1.807) is 25.1 Å². The average molecular weight is 302 g/mol. The second kappa shape index (κ2) is 6.48. The van der Waals surface area contributed by atoms with Crippen LogP contribution >= 0.6 is 0 Å². The zero-order valence-electron chi connectivity index (χ0n) is 12.5. The van der Waals surface area contributed by atoms with Crippen molar-refractivity contribution < 1.29 is 4.92 Å². The zero-order valence-corrected chi connectivity index (χ0v) is 12.5. The Labute approximate surface area is 127 Å².